The summed E-state index contributed by atoms with van der Waals surface area (Å²) in [6, 6.07) is 9.30. The number of aryl methyl sites for hydroxylation is 3. The summed E-state index contributed by atoms with van der Waals surface area (Å²) < 4.78 is 15.9. The van der Waals surface area contributed by atoms with Crippen LogP contribution < -0.4 is 5.32 Å². The number of anilines is 1. The van der Waals surface area contributed by atoms with Crippen molar-refractivity contribution in [1.82, 2.24) is 20.3 Å². The molecule has 0 spiro atoms. The lowest BCUT2D eigenvalue weighted by molar-refractivity contribution is -0.116. The summed E-state index contributed by atoms with van der Waals surface area (Å²) >= 11 is 1.29. The molecule has 0 aliphatic carbocycles. The van der Waals surface area contributed by atoms with Crippen LogP contribution in [0.4, 0.5) is 5.69 Å². The number of nitrogens with zero attached hydrogens (tertiary/aromatic N) is 4. The second-order valence-corrected chi connectivity index (χ2v) is 7.52. The summed E-state index contributed by atoms with van der Waals surface area (Å²) in [4.78, 5) is 16.5. The third-order valence-corrected chi connectivity index (χ3v) is 5.14. The van der Waals surface area contributed by atoms with Crippen molar-refractivity contribution in [1.29, 1.82) is 0 Å². The van der Waals surface area contributed by atoms with Gasteiger partial charge in [0.15, 0.2) is 11.6 Å². The van der Waals surface area contributed by atoms with Gasteiger partial charge in [0.1, 0.15) is 0 Å². The van der Waals surface area contributed by atoms with E-state index >= 15 is 0 Å². The van der Waals surface area contributed by atoms with Gasteiger partial charge in [0.25, 0.3) is 11.1 Å². The van der Waals surface area contributed by atoms with E-state index in [-0.39, 0.29) is 12.3 Å². The van der Waals surface area contributed by atoms with Gasteiger partial charge in [-0.3, -0.25) is 4.79 Å². The second kappa shape index (κ2) is 8.95. The Labute approximate surface area is 176 Å². The molecule has 4 rings (SSSR count). The van der Waals surface area contributed by atoms with Gasteiger partial charge >= 0.3 is 0 Å². The zero-order chi connectivity index (χ0) is 20.9. The predicted molar refractivity (Wildman–Crippen MR) is 109 cm³/mol. The van der Waals surface area contributed by atoms with Gasteiger partial charge < -0.3 is 18.7 Å². The van der Waals surface area contributed by atoms with Gasteiger partial charge in [0.2, 0.25) is 11.8 Å². The number of furan rings is 1. The Kier molecular flexibility index (Phi) is 5.94. The van der Waals surface area contributed by atoms with E-state index in [2.05, 4.69) is 25.7 Å². The molecule has 0 atom stereocenters. The SMILES string of the molecule is Cc1ccc(NC(=O)CCc2nc(CSc3nnc(-c4ccco4)o3)no2)cc1C. The number of thioether (sulfide) groups is 1. The summed E-state index contributed by atoms with van der Waals surface area (Å²) in [6.07, 6.45) is 2.14. The van der Waals surface area contributed by atoms with Gasteiger partial charge in [0.05, 0.1) is 12.0 Å². The van der Waals surface area contributed by atoms with Gasteiger partial charge in [-0.2, -0.15) is 4.98 Å². The molecule has 1 aromatic carbocycles. The molecule has 0 unspecified atom stereocenters. The van der Waals surface area contributed by atoms with Crippen LogP contribution in [-0.2, 0) is 17.0 Å². The van der Waals surface area contributed by atoms with Crippen LogP contribution in [0.2, 0.25) is 0 Å². The largest absolute Gasteiger partial charge is 0.459 e. The number of carbonyl (C=O) groups excluding carboxylic acids is 1. The highest BCUT2D eigenvalue weighted by Gasteiger charge is 2.14. The van der Waals surface area contributed by atoms with Gasteiger partial charge in [-0.1, -0.05) is 23.0 Å². The standard InChI is InChI=1S/C20H19N5O4S/c1-12-5-6-14(10-13(12)2)21-17(26)7-8-18-22-16(25-29-18)11-30-20-24-23-19(28-20)15-4-3-9-27-15/h3-6,9-10H,7-8,11H2,1-2H3,(H,21,26). The van der Waals surface area contributed by atoms with Crippen LogP contribution in [0.1, 0.15) is 29.3 Å². The molecule has 30 heavy (non-hydrogen) atoms. The lowest BCUT2D eigenvalue weighted by atomic mass is 10.1. The molecular formula is C20H19N5O4S. The number of nitrogens with one attached hydrogen (secondary N) is 1. The molecule has 0 bridgehead atoms. The highest BCUT2D eigenvalue weighted by Crippen LogP contribution is 2.25. The minimum absolute atomic E-state index is 0.108. The number of hydrogen-bond acceptors (Lipinski definition) is 9. The first-order chi connectivity index (χ1) is 14.6. The van der Waals surface area contributed by atoms with Crippen LogP contribution in [0.3, 0.4) is 0 Å². The molecule has 0 saturated heterocycles. The molecule has 0 aliphatic heterocycles. The molecule has 0 fully saturated rings. The minimum Gasteiger partial charge on any atom is -0.459 e. The van der Waals surface area contributed by atoms with Crippen LogP contribution in [-0.4, -0.2) is 26.2 Å². The van der Waals surface area contributed by atoms with Crippen LogP contribution in [0.25, 0.3) is 11.7 Å². The quantitative estimate of drug-likeness (QED) is 0.414. The molecule has 1 amide bonds. The van der Waals surface area contributed by atoms with Crippen LogP contribution in [0, 0.1) is 13.8 Å². The van der Waals surface area contributed by atoms with E-state index in [4.69, 9.17) is 13.4 Å². The average molecular weight is 425 g/mol. The van der Waals surface area contributed by atoms with Crippen molar-refractivity contribution in [3.63, 3.8) is 0 Å². The van der Waals surface area contributed by atoms with Crippen LogP contribution >= 0.6 is 11.8 Å². The van der Waals surface area contributed by atoms with Crippen LogP contribution in [0.5, 0.6) is 0 Å². The maximum Gasteiger partial charge on any atom is 0.284 e. The lowest BCUT2D eigenvalue weighted by Gasteiger charge is -2.06. The first-order valence-electron chi connectivity index (χ1n) is 9.25. The van der Waals surface area contributed by atoms with Crippen molar-refractivity contribution in [3.8, 4) is 11.7 Å². The maximum atomic E-state index is 12.2. The Bertz CT molecular complexity index is 1140. The number of hydrogen-bond donors (Lipinski definition) is 1. The summed E-state index contributed by atoms with van der Waals surface area (Å²) in [6.45, 7) is 4.04. The van der Waals surface area contributed by atoms with Gasteiger partial charge in [-0.05, 0) is 49.2 Å². The first-order valence-corrected chi connectivity index (χ1v) is 10.2. The molecule has 1 N–H and O–H groups in total. The Hall–Kier alpha value is -3.40. The third-order valence-electron chi connectivity index (χ3n) is 4.33. The zero-order valence-electron chi connectivity index (χ0n) is 16.4. The molecule has 4 aromatic rings. The Morgan fingerprint density at radius 1 is 1.17 bits per heavy atom. The smallest absolute Gasteiger partial charge is 0.284 e. The van der Waals surface area contributed by atoms with E-state index in [1.54, 1.807) is 12.1 Å². The van der Waals surface area contributed by atoms with Crippen molar-refractivity contribution >= 4 is 23.4 Å². The van der Waals surface area contributed by atoms with Crippen molar-refractivity contribution in [3.05, 3.63) is 59.4 Å². The average Bonchev–Trinajstić information content (AvgIpc) is 3.49. The molecule has 10 heteroatoms. The molecule has 3 aromatic heterocycles. The summed E-state index contributed by atoms with van der Waals surface area (Å²) in [5.41, 5.74) is 3.09. The molecular weight excluding hydrogens is 406 g/mol. The fourth-order valence-corrected chi connectivity index (χ4v) is 3.21. The Morgan fingerprint density at radius 3 is 2.87 bits per heavy atom. The molecule has 3 heterocycles. The number of amides is 1. The number of carbonyl (C=O) groups is 1. The fraction of sp³-hybridized carbons (Fsp3) is 0.250. The number of benzene rings is 1. The predicted octanol–water partition coefficient (Wildman–Crippen LogP) is 4.19. The lowest BCUT2D eigenvalue weighted by Crippen LogP contribution is -2.12. The molecule has 0 saturated carbocycles. The van der Waals surface area contributed by atoms with E-state index in [0.717, 1.165) is 11.3 Å². The summed E-state index contributed by atoms with van der Waals surface area (Å²) in [5.74, 6) is 2.01. The van der Waals surface area contributed by atoms with Crippen molar-refractivity contribution in [2.75, 3.05) is 5.32 Å². The van der Waals surface area contributed by atoms with E-state index in [0.29, 0.717) is 40.8 Å². The molecule has 0 radical (unpaired) electrons. The summed E-state index contributed by atoms with van der Waals surface area (Å²) in [7, 11) is 0. The highest BCUT2D eigenvalue weighted by atomic mass is 32.2. The zero-order valence-corrected chi connectivity index (χ0v) is 17.2. The normalized spacial score (nSPS) is 11.0. The maximum absolute atomic E-state index is 12.2. The van der Waals surface area contributed by atoms with Gasteiger partial charge in [-0.25, -0.2) is 0 Å². The third kappa shape index (κ3) is 4.95. The fourth-order valence-electron chi connectivity index (χ4n) is 2.61. The molecule has 9 nitrogen and oxygen atoms in total. The van der Waals surface area contributed by atoms with E-state index in [1.165, 1.54) is 23.6 Å². The van der Waals surface area contributed by atoms with Gasteiger partial charge in [-0.15, -0.1) is 10.2 Å². The molecule has 0 aliphatic rings. The highest BCUT2D eigenvalue weighted by molar-refractivity contribution is 7.98. The van der Waals surface area contributed by atoms with E-state index in [9.17, 15) is 4.79 Å². The monoisotopic (exact) mass is 425 g/mol. The van der Waals surface area contributed by atoms with Crippen molar-refractivity contribution in [2.24, 2.45) is 0 Å². The van der Waals surface area contributed by atoms with E-state index < -0.39 is 0 Å². The summed E-state index contributed by atoms with van der Waals surface area (Å²) in [5, 5.41) is 15.1. The Morgan fingerprint density at radius 2 is 2.07 bits per heavy atom. The van der Waals surface area contributed by atoms with Crippen molar-refractivity contribution < 1.29 is 18.2 Å². The Balaban J connectivity index is 1.25. The topological polar surface area (TPSA) is 120 Å². The second-order valence-electron chi connectivity index (χ2n) is 6.59. The number of aromatic nitrogens is 4. The van der Waals surface area contributed by atoms with Gasteiger partial charge in [0, 0.05) is 18.5 Å². The number of rotatable bonds is 8. The molecule has 154 valence electrons. The van der Waals surface area contributed by atoms with Crippen molar-refractivity contribution in [2.45, 2.75) is 37.7 Å². The van der Waals surface area contributed by atoms with E-state index in [1.807, 2.05) is 32.0 Å². The van der Waals surface area contributed by atoms with Crippen LogP contribution in [0.15, 0.2) is 55.2 Å². The minimum atomic E-state index is -0.108. The first kappa shape index (κ1) is 19.9.